The van der Waals surface area contributed by atoms with Crippen LogP contribution in [0.25, 0.3) is 0 Å². The van der Waals surface area contributed by atoms with Crippen molar-refractivity contribution >= 4 is 11.9 Å². The van der Waals surface area contributed by atoms with E-state index in [-0.39, 0.29) is 35.2 Å². The van der Waals surface area contributed by atoms with E-state index in [1.165, 1.54) is 0 Å². The van der Waals surface area contributed by atoms with E-state index >= 15 is 0 Å². The Morgan fingerprint density at radius 2 is 0.980 bits per heavy atom. The van der Waals surface area contributed by atoms with Crippen molar-refractivity contribution in [1.29, 1.82) is 21.0 Å². The molecule has 0 aromatic rings. The minimum atomic E-state index is -0.728. The highest BCUT2D eigenvalue weighted by atomic mass is 16.5. The van der Waals surface area contributed by atoms with Crippen molar-refractivity contribution in [2.75, 3.05) is 65.8 Å². The molecule has 0 N–H and O–H groups in total. The molecule has 0 spiro atoms. The van der Waals surface area contributed by atoms with Crippen LogP contribution in [0.5, 0.6) is 0 Å². The van der Waals surface area contributed by atoms with Crippen molar-refractivity contribution < 1.29 is 28.5 Å². The number of carbonyl (C=O) groups excluding carboxylic acids is 2. The van der Waals surface area contributed by atoms with Gasteiger partial charge in [-0.1, -0.05) is 27.7 Å². The van der Waals surface area contributed by atoms with Crippen LogP contribution < -0.4 is 0 Å². The number of esters is 2. The van der Waals surface area contributed by atoms with E-state index in [9.17, 15) is 30.6 Å². The molecular formula is C38H48N6O6. The van der Waals surface area contributed by atoms with Gasteiger partial charge >= 0.3 is 11.9 Å². The Bertz CT molecular complexity index is 1490. The van der Waals surface area contributed by atoms with E-state index in [4.69, 9.17) is 18.9 Å². The van der Waals surface area contributed by atoms with Gasteiger partial charge in [-0.25, -0.2) is 9.59 Å². The van der Waals surface area contributed by atoms with Gasteiger partial charge in [0.1, 0.15) is 35.4 Å². The van der Waals surface area contributed by atoms with Crippen molar-refractivity contribution in [2.45, 2.75) is 79.1 Å². The lowest BCUT2D eigenvalue weighted by Gasteiger charge is -2.40. The standard InChI is InChI=1S/C38H48N6O6/c1-37(2)19-27(29(23-39)33(21-37)43-9-15-47-16-10-43)31(25-41)35(45)49-13-7-5-6-8-14-50-36(46)32(26-42)28-20-38(3,4)22-34(30(28)24-40)44-11-17-48-18-12-44/h5-22H2,1-4H3/b31-27+,32-28+. The number of hydrogen-bond acceptors (Lipinski definition) is 12. The zero-order valence-electron chi connectivity index (χ0n) is 29.9. The van der Waals surface area contributed by atoms with Gasteiger partial charge in [-0.3, -0.25) is 0 Å². The van der Waals surface area contributed by atoms with Crippen LogP contribution in [-0.4, -0.2) is 87.6 Å². The van der Waals surface area contributed by atoms with Crippen molar-refractivity contribution in [3.05, 3.63) is 44.8 Å². The third kappa shape index (κ3) is 9.54. The van der Waals surface area contributed by atoms with Crippen LogP contribution in [0.4, 0.5) is 0 Å². The van der Waals surface area contributed by atoms with Gasteiger partial charge in [-0.05, 0) is 73.3 Å². The Labute approximate surface area is 295 Å². The van der Waals surface area contributed by atoms with Crippen LogP contribution in [0.2, 0.25) is 0 Å². The number of allylic oxidation sites excluding steroid dienone is 6. The summed E-state index contributed by atoms with van der Waals surface area (Å²) >= 11 is 0. The summed E-state index contributed by atoms with van der Waals surface area (Å²) in [6.45, 7) is 13.3. The van der Waals surface area contributed by atoms with Gasteiger partial charge < -0.3 is 28.7 Å². The predicted molar refractivity (Wildman–Crippen MR) is 182 cm³/mol. The summed E-state index contributed by atoms with van der Waals surface area (Å²) in [7, 11) is 0. The molecule has 0 aromatic heterocycles. The van der Waals surface area contributed by atoms with Gasteiger partial charge in [-0.2, -0.15) is 21.0 Å². The molecular weight excluding hydrogens is 636 g/mol. The molecule has 12 heteroatoms. The van der Waals surface area contributed by atoms with Crippen molar-refractivity contribution in [3.63, 3.8) is 0 Å². The fraction of sp³-hybridized carbons (Fsp3) is 0.632. The third-order valence-corrected chi connectivity index (χ3v) is 9.53. The zero-order valence-corrected chi connectivity index (χ0v) is 29.9. The molecule has 2 heterocycles. The normalized spacial score (nSPS) is 22.4. The average molecular weight is 685 g/mol. The minimum Gasteiger partial charge on any atom is -0.462 e. The van der Waals surface area contributed by atoms with Gasteiger partial charge in [0, 0.05) is 37.6 Å². The summed E-state index contributed by atoms with van der Waals surface area (Å²) in [6, 6.07) is 8.57. The lowest BCUT2D eigenvalue weighted by atomic mass is 9.72. The Hall–Kier alpha value is -4.62. The molecule has 2 aliphatic carbocycles. The first-order valence-electron chi connectivity index (χ1n) is 17.5. The number of nitrogens with zero attached hydrogens (tertiary/aromatic N) is 6. The van der Waals surface area contributed by atoms with Gasteiger partial charge in [0.05, 0.1) is 50.8 Å². The fourth-order valence-corrected chi connectivity index (χ4v) is 7.09. The Balaban J connectivity index is 1.30. The Morgan fingerprint density at radius 3 is 1.30 bits per heavy atom. The number of ether oxygens (including phenoxy) is 4. The third-order valence-electron chi connectivity index (χ3n) is 9.53. The molecule has 0 radical (unpaired) electrons. The smallest absolute Gasteiger partial charge is 0.349 e. The van der Waals surface area contributed by atoms with Crippen molar-refractivity contribution in [1.82, 2.24) is 9.80 Å². The molecule has 2 fully saturated rings. The minimum absolute atomic E-state index is 0.109. The molecule has 12 nitrogen and oxygen atoms in total. The average Bonchev–Trinajstić information content (AvgIpc) is 3.09. The topological polar surface area (TPSA) is 173 Å². The molecule has 266 valence electrons. The van der Waals surface area contributed by atoms with Crippen LogP contribution in [0, 0.1) is 56.2 Å². The van der Waals surface area contributed by atoms with E-state index < -0.39 is 11.9 Å². The number of rotatable bonds is 11. The van der Waals surface area contributed by atoms with Gasteiger partial charge in [-0.15, -0.1) is 0 Å². The molecule has 0 atom stereocenters. The number of hydrogen-bond donors (Lipinski definition) is 0. The fourth-order valence-electron chi connectivity index (χ4n) is 7.09. The van der Waals surface area contributed by atoms with Crippen LogP contribution in [-0.2, 0) is 28.5 Å². The van der Waals surface area contributed by atoms with Gasteiger partial charge in [0.2, 0.25) is 0 Å². The molecule has 0 saturated carbocycles. The van der Waals surface area contributed by atoms with Crippen molar-refractivity contribution in [2.24, 2.45) is 10.8 Å². The maximum Gasteiger partial charge on any atom is 0.349 e. The second-order valence-corrected chi connectivity index (χ2v) is 14.7. The van der Waals surface area contributed by atoms with Gasteiger partial charge in [0.15, 0.2) is 0 Å². The second kappa shape index (κ2) is 17.3. The first-order chi connectivity index (χ1) is 23.9. The van der Waals surface area contributed by atoms with Crippen LogP contribution >= 0.6 is 0 Å². The molecule has 0 bridgehead atoms. The number of unbranched alkanes of at least 4 members (excludes halogenated alkanes) is 3. The second-order valence-electron chi connectivity index (χ2n) is 14.7. The number of carbonyl (C=O) groups is 2. The van der Waals surface area contributed by atoms with E-state index in [0.717, 1.165) is 11.4 Å². The SMILES string of the molecule is CC1(C)CC(N2CCOCC2)=C(C#N)/C(=C(\C#N)C(=O)OCCCCCCOC(=O)/C(C#N)=C2\CC(C)(C)CC(N3CCOCC3)=C2C#N)C1. The summed E-state index contributed by atoms with van der Waals surface area (Å²) in [6.07, 6.45) is 4.65. The lowest BCUT2D eigenvalue weighted by molar-refractivity contribution is -0.140. The molecule has 2 aliphatic heterocycles. The van der Waals surface area contributed by atoms with Crippen LogP contribution in [0.15, 0.2) is 44.8 Å². The highest BCUT2D eigenvalue weighted by Crippen LogP contribution is 2.45. The Kier molecular flexibility index (Phi) is 13.3. The maximum atomic E-state index is 13.1. The molecule has 2 saturated heterocycles. The van der Waals surface area contributed by atoms with Crippen LogP contribution in [0.1, 0.15) is 79.1 Å². The molecule has 4 aliphatic rings. The molecule has 0 aromatic carbocycles. The predicted octanol–water partition coefficient (Wildman–Crippen LogP) is 5.13. The van der Waals surface area contributed by atoms with E-state index in [0.29, 0.717) is 126 Å². The zero-order chi connectivity index (χ0) is 36.3. The number of nitriles is 4. The van der Waals surface area contributed by atoms with Gasteiger partial charge in [0.25, 0.3) is 0 Å². The summed E-state index contributed by atoms with van der Waals surface area (Å²) in [5, 5.41) is 40.1. The molecule has 4 rings (SSSR count). The van der Waals surface area contributed by atoms with E-state index in [2.05, 4.69) is 49.6 Å². The lowest BCUT2D eigenvalue weighted by Crippen LogP contribution is -2.39. The van der Waals surface area contributed by atoms with Crippen LogP contribution in [0.3, 0.4) is 0 Å². The first-order valence-corrected chi connectivity index (χ1v) is 17.5. The summed E-state index contributed by atoms with van der Waals surface area (Å²) in [4.78, 5) is 30.4. The molecule has 50 heavy (non-hydrogen) atoms. The summed E-state index contributed by atoms with van der Waals surface area (Å²) in [5.74, 6) is -1.46. The first kappa shape index (κ1) is 38.2. The highest BCUT2D eigenvalue weighted by molar-refractivity contribution is 5.95. The summed E-state index contributed by atoms with van der Waals surface area (Å²) in [5.41, 5.74) is 2.62. The molecule has 0 amide bonds. The monoisotopic (exact) mass is 684 g/mol. The van der Waals surface area contributed by atoms with E-state index in [1.807, 2.05) is 12.1 Å². The molecule has 0 unspecified atom stereocenters. The van der Waals surface area contributed by atoms with Crippen molar-refractivity contribution in [3.8, 4) is 24.3 Å². The highest BCUT2D eigenvalue weighted by Gasteiger charge is 2.38. The largest absolute Gasteiger partial charge is 0.462 e. The number of morpholine rings is 2. The Morgan fingerprint density at radius 1 is 0.620 bits per heavy atom. The summed E-state index contributed by atoms with van der Waals surface area (Å²) < 4.78 is 21.9. The quantitative estimate of drug-likeness (QED) is 0.122. The van der Waals surface area contributed by atoms with E-state index in [1.54, 1.807) is 0 Å². The maximum absolute atomic E-state index is 13.1.